The van der Waals surface area contributed by atoms with E-state index in [9.17, 15) is 0 Å². The molecule has 1 fully saturated rings. The highest BCUT2D eigenvalue weighted by molar-refractivity contribution is 8.01. The predicted molar refractivity (Wildman–Crippen MR) is 76.2 cm³/mol. The lowest BCUT2D eigenvalue weighted by Gasteiger charge is -2.06. The van der Waals surface area contributed by atoms with Gasteiger partial charge in [0.2, 0.25) is 0 Å². The van der Waals surface area contributed by atoms with E-state index in [1.54, 1.807) is 11.3 Å². The van der Waals surface area contributed by atoms with Gasteiger partial charge in [-0.1, -0.05) is 17.8 Å². The molecule has 0 aromatic carbocycles. The molecule has 1 saturated carbocycles. The summed E-state index contributed by atoms with van der Waals surface area (Å²) >= 11 is 3.60. The number of rotatable bonds is 5. The number of aryl methyl sites for hydroxylation is 2. The standard InChI is InChI=1S/C13H17N3S2/c1-9-11(8-14-10-5-6-10)13(16(2)15-9)18-12-4-3-7-17-12/h3-4,7,10,14H,5-6,8H2,1-2H3. The van der Waals surface area contributed by atoms with Gasteiger partial charge in [-0.3, -0.25) is 4.68 Å². The van der Waals surface area contributed by atoms with Crippen LogP contribution in [0.25, 0.3) is 0 Å². The topological polar surface area (TPSA) is 29.9 Å². The maximum absolute atomic E-state index is 4.55. The minimum Gasteiger partial charge on any atom is -0.310 e. The molecule has 2 heterocycles. The molecule has 1 aliphatic carbocycles. The Morgan fingerprint density at radius 1 is 1.56 bits per heavy atom. The van der Waals surface area contributed by atoms with Crippen LogP contribution in [-0.4, -0.2) is 15.8 Å². The minimum atomic E-state index is 0.740. The molecule has 3 rings (SSSR count). The molecule has 96 valence electrons. The van der Waals surface area contributed by atoms with Crippen molar-refractivity contribution in [3.63, 3.8) is 0 Å². The Hall–Kier alpha value is -0.780. The zero-order chi connectivity index (χ0) is 12.5. The van der Waals surface area contributed by atoms with E-state index in [1.165, 1.54) is 27.6 Å². The van der Waals surface area contributed by atoms with E-state index in [0.29, 0.717) is 0 Å². The van der Waals surface area contributed by atoms with Crippen LogP contribution in [0.2, 0.25) is 0 Å². The zero-order valence-corrected chi connectivity index (χ0v) is 12.3. The molecule has 3 nitrogen and oxygen atoms in total. The van der Waals surface area contributed by atoms with Gasteiger partial charge < -0.3 is 5.32 Å². The molecule has 0 bridgehead atoms. The lowest BCUT2D eigenvalue weighted by Crippen LogP contribution is -2.16. The Morgan fingerprint density at radius 3 is 3.06 bits per heavy atom. The van der Waals surface area contributed by atoms with Gasteiger partial charge in [-0.25, -0.2) is 0 Å². The Labute approximate surface area is 116 Å². The first-order chi connectivity index (χ1) is 8.74. The van der Waals surface area contributed by atoms with E-state index in [0.717, 1.165) is 18.3 Å². The van der Waals surface area contributed by atoms with Crippen molar-refractivity contribution in [1.29, 1.82) is 0 Å². The molecule has 5 heteroatoms. The Balaban J connectivity index is 1.81. The van der Waals surface area contributed by atoms with Crippen molar-refractivity contribution >= 4 is 23.1 Å². The Kier molecular flexibility index (Phi) is 3.46. The number of thiophene rings is 1. The number of nitrogens with one attached hydrogen (secondary N) is 1. The first-order valence-electron chi connectivity index (χ1n) is 6.21. The van der Waals surface area contributed by atoms with Crippen LogP contribution in [0, 0.1) is 6.92 Å². The summed E-state index contributed by atoms with van der Waals surface area (Å²) in [4.78, 5) is 0. The molecular weight excluding hydrogens is 262 g/mol. The molecule has 0 unspecified atom stereocenters. The highest BCUT2D eigenvalue weighted by atomic mass is 32.2. The molecule has 1 N–H and O–H groups in total. The summed E-state index contributed by atoms with van der Waals surface area (Å²) in [7, 11) is 2.03. The molecule has 0 spiro atoms. The minimum absolute atomic E-state index is 0.740. The molecule has 0 saturated heterocycles. The molecule has 2 aromatic heterocycles. The first-order valence-corrected chi connectivity index (χ1v) is 7.91. The monoisotopic (exact) mass is 279 g/mol. The van der Waals surface area contributed by atoms with Crippen molar-refractivity contribution in [2.24, 2.45) is 7.05 Å². The quantitative estimate of drug-likeness (QED) is 0.911. The van der Waals surface area contributed by atoms with Gasteiger partial charge in [-0.2, -0.15) is 5.10 Å². The van der Waals surface area contributed by atoms with Crippen molar-refractivity contribution in [2.45, 2.75) is 41.6 Å². The smallest absolute Gasteiger partial charge is 0.104 e. The van der Waals surface area contributed by atoms with Crippen LogP contribution in [0.5, 0.6) is 0 Å². The lowest BCUT2D eigenvalue weighted by atomic mass is 10.2. The van der Waals surface area contributed by atoms with Crippen LogP contribution in [-0.2, 0) is 13.6 Å². The summed E-state index contributed by atoms with van der Waals surface area (Å²) < 4.78 is 3.33. The van der Waals surface area contributed by atoms with Gasteiger partial charge in [0.1, 0.15) is 5.03 Å². The predicted octanol–water partition coefficient (Wildman–Crippen LogP) is 3.19. The van der Waals surface area contributed by atoms with E-state index in [2.05, 4.69) is 34.9 Å². The summed E-state index contributed by atoms with van der Waals surface area (Å²) in [6.45, 7) is 3.04. The van der Waals surface area contributed by atoms with Crippen molar-refractivity contribution in [1.82, 2.24) is 15.1 Å². The maximum atomic E-state index is 4.55. The highest BCUT2D eigenvalue weighted by Gasteiger charge is 2.22. The van der Waals surface area contributed by atoms with Crippen molar-refractivity contribution in [3.8, 4) is 0 Å². The maximum Gasteiger partial charge on any atom is 0.104 e. The third kappa shape index (κ3) is 2.63. The van der Waals surface area contributed by atoms with E-state index >= 15 is 0 Å². The second-order valence-electron chi connectivity index (χ2n) is 4.68. The van der Waals surface area contributed by atoms with Gasteiger partial charge in [-0.15, -0.1) is 11.3 Å². The third-order valence-corrected chi connectivity index (χ3v) is 5.37. The van der Waals surface area contributed by atoms with Crippen LogP contribution in [0.3, 0.4) is 0 Å². The van der Waals surface area contributed by atoms with Crippen LogP contribution in [0.4, 0.5) is 0 Å². The number of hydrogen-bond donors (Lipinski definition) is 1. The molecule has 0 atom stereocenters. The van der Waals surface area contributed by atoms with Crippen LogP contribution < -0.4 is 5.32 Å². The van der Waals surface area contributed by atoms with Gasteiger partial charge in [0.15, 0.2) is 0 Å². The summed E-state index contributed by atoms with van der Waals surface area (Å²) in [5, 5.41) is 11.5. The third-order valence-electron chi connectivity index (χ3n) is 3.13. The molecule has 0 radical (unpaired) electrons. The molecule has 2 aromatic rings. The number of nitrogens with zero attached hydrogens (tertiary/aromatic N) is 2. The van der Waals surface area contributed by atoms with Gasteiger partial charge >= 0.3 is 0 Å². The molecule has 1 aliphatic rings. The second kappa shape index (κ2) is 5.07. The number of aromatic nitrogens is 2. The molecular formula is C13H17N3S2. The molecule has 18 heavy (non-hydrogen) atoms. The van der Waals surface area contributed by atoms with Gasteiger partial charge in [-0.05, 0) is 31.2 Å². The summed E-state index contributed by atoms with van der Waals surface area (Å²) in [5.41, 5.74) is 2.49. The second-order valence-corrected chi connectivity index (χ2v) is 6.92. The zero-order valence-electron chi connectivity index (χ0n) is 10.6. The first kappa shape index (κ1) is 12.3. The van der Waals surface area contributed by atoms with Gasteiger partial charge in [0.25, 0.3) is 0 Å². The number of hydrogen-bond acceptors (Lipinski definition) is 4. The fourth-order valence-electron chi connectivity index (χ4n) is 1.96. The largest absolute Gasteiger partial charge is 0.310 e. The lowest BCUT2D eigenvalue weighted by molar-refractivity contribution is 0.658. The molecule has 0 aliphatic heterocycles. The summed E-state index contributed by atoms with van der Waals surface area (Å²) in [6, 6.07) is 5.00. The van der Waals surface area contributed by atoms with Crippen molar-refractivity contribution in [2.75, 3.05) is 0 Å². The van der Waals surface area contributed by atoms with E-state index in [-0.39, 0.29) is 0 Å². The SMILES string of the molecule is Cc1nn(C)c(Sc2cccs2)c1CNC1CC1. The Bertz CT molecular complexity index is 527. The molecule has 0 amide bonds. The van der Waals surface area contributed by atoms with Crippen LogP contribution in [0.15, 0.2) is 26.7 Å². The summed E-state index contributed by atoms with van der Waals surface area (Å²) in [5.74, 6) is 0. The normalized spacial score (nSPS) is 15.2. The Morgan fingerprint density at radius 2 is 2.39 bits per heavy atom. The average molecular weight is 279 g/mol. The van der Waals surface area contributed by atoms with E-state index in [4.69, 9.17) is 0 Å². The van der Waals surface area contributed by atoms with Crippen LogP contribution in [0.1, 0.15) is 24.1 Å². The fourth-order valence-corrected chi connectivity index (χ4v) is 3.86. The fraction of sp³-hybridized carbons (Fsp3) is 0.462. The van der Waals surface area contributed by atoms with E-state index in [1.807, 2.05) is 23.5 Å². The van der Waals surface area contributed by atoms with Crippen LogP contribution >= 0.6 is 23.1 Å². The van der Waals surface area contributed by atoms with E-state index < -0.39 is 0 Å². The van der Waals surface area contributed by atoms with Crippen molar-refractivity contribution in [3.05, 3.63) is 28.8 Å². The van der Waals surface area contributed by atoms with Gasteiger partial charge in [0.05, 0.1) is 9.90 Å². The van der Waals surface area contributed by atoms with Gasteiger partial charge in [0, 0.05) is 25.2 Å². The van der Waals surface area contributed by atoms with Crippen molar-refractivity contribution < 1.29 is 0 Å². The average Bonchev–Trinajstić information content (AvgIpc) is 2.95. The highest BCUT2D eigenvalue weighted by Crippen LogP contribution is 2.34. The summed E-state index contributed by atoms with van der Waals surface area (Å²) in [6.07, 6.45) is 2.65.